The Labute approximate surface area is 89.4 Å². The van der Waals surface area contributed by atoms with Crippen molar-refractivity contribution < 1.29 is 4.79 Å². The maximum Gasteiger partial charge on any atom is 0.241 e. The molecule has 0 aromatic carbocycles. The van der Waals surface area contributed by atoms with Gasteiger partial charge in [0.15, 0.2) is 0 Å². The first-order valence-corrected chi connectivity index (χ1v) is 6.31. The third-order valence-electron chi connectivity index (χ3n) is 2.93. The highest BCUT2D eigenvalue weighted by molar-refractivity contribution is 7.99. The Morgan fingerprint density at radius 1 is 1.29 bits per heavy atom. The van der Waals surface area contributed by atoms with Crippen LogP contribution in [0, 0.1) is 5.41 Å². The quantitative estimate of drug-likeness (QED) is 0.621. The number of amides is 1. The highest BCUT2D eigenvalue weighted by Gasteiger charge is 2.46. The first kappa shape index (κ1) is 10.3. The lowest BCUT2D eigenvalue weighted by molar-refractivity contribution is -0.129. The molecule has 0 aromatic rings. The van der Waals surface area contributed by atoms with Crippen molar-refractivity contribution in [1.29, 1.82) is 0 Å². The van der Waals surface area contributed by atoms with Gasteiger partial charge in [0.25, 0.3) is 0 Å². The van der Waals surface area contributed by atoms with E-state index in [1.807, 2.05) is 11.8 Å². The molecular formula is C10H18N2OS. The van der Waals surface area contributed by atoms with Crippen molar-refractivity contribution in [2.45, 2.75) is 25.8 Å². The van der Waals surface area contributed by atoms with Gasteiger partial charge in [-0.05, 0) is 17.6 Å². The van der Waals surface area contributed by atoms with E-state index in [9.17, 15) is 4.79 Å². The molecule has 2 rings (SSSR count). The van der Waals surface area contributed by atoms with Crippen LogP contribution in [0.5, 0.6) is 0 Å². The molecule has 2 fully saturated rings. The van der Waals surface area contributed by atoms with E-state index < -0.39 is 0 Å². The Morgan fingerprint density at radius 3 is 2.71 bits per heavy atom. The van der Waals surface area contributed by atoms with Gasteiger partial charge in [-0.3, -0.25) is 4.79 Å². The molecule has 14 heavy (non-hydrogen) atoms. The minimum atomic E-state index is -0.287. The van der Waals surface area contributed by atoms with Crippen LogP contribution in [-0.2, 0) is 4.79 Å². The van der Waals surface area contributed by atoms with Gasteiger partial charge < -0.3 is 10.6 Å². The van der Waals surface area contributed by atoms with Crippen LogP contribution in [0.4, 0.5) is 0 Å². The first-order chi connectivity index (χ1) is 6.54. The van der Waals surface area contributed by atoms with E-state index in [-0.39, 0.29) is 16.9 Å². The highest BCUT2D eigenvalue weighted by Crippen LogP contribution is 2.39. The van der Waals surface area contributed by atoms with Gasteiger partial charge in [0.1, 0.15) is 5.54 Å². The molecule has 2 aliphatic rings. The van der Waals surface area contributed by atoms with Crippen LogP contribution < -0.4 is 10.6 Å². The smallest absolute Gasteiger partial charge is 0.241 e. The molecule has 1 atom stereocenters. The summed E-state index contributed by atoms with van der Waals surface area (Å²) in [4.78, 5) is 11.9. The largest absolute Gasteiger partial charge is 0.353 e. The summed E-state index contributed by atoms with van der Waals surface area (Å²) in [6, 6.07) is 0. The molecule has 0 aromatic heterocycles. The molecular weight excluding hydrogens is 196 g/mol. The SMILES string of the molecule is CC1(C)CSCC2(C1)NCCNC2=O. The van der Waals surface area contributed by atoms with Gasteiger partial charge in [-0.1, -0.05) is 13.8 Å². The Balaban J connectivity index is 2.17. The van der Waals surface area contributed by atoms with Gasteiger partial charge in [0.2, 0.25) is 5.91 Å². The zero-order valence-electron chi connectivity index (χ0n) is 8.85. The fraction of sp³-hybridized carbons (Fsp3) is 0.900. The Hall–Kier alpha value is -0.220. The van der Waals surface area contributed by atoms with Crippen molar-refractivity contribution in [3.8, 4) is 0 Å². The van der Waals surface area contributed by atoms with Gasteiger partial charge in [-0.15, -0.1) is 0 Å². The van der Waals surface area contributed by atoms with Crippen LogP contribution >= 0.6 is 11.8 Å². The number of carbonyl (C=O) groups excluding carboxylic acids is 1. The summed E-state index contributed by atoms with van der Waals surface area (Å²) in [6.07, 6.45) is 0.957. The standard InChI is InChI=1S/C10H18N2OS/c1-9(2)5-10(7-14-6-9)8(13)11-3-4-12-10/h12H,3-7H2,1-2H3,(H,11,13). The number of thioether (sulfide) groups is 1. The molecule has 4 heteroatoms. The van der Waals surface area contributed by atoms with Crippen LogP contribution in [0.15, 0.2) is 0 Å². The second-order valence-electron chi connectivity index (χ2n) is 5.10. The maximum atomic E-state index is 11.9. The Bertz CT molecular complexity index is 251. The summed E-state index contributed by atoms with van der Waals surface area (Å²) in [5, 5.41) is 6.37. The molecule has 2 heterocycles. The molecule has 2 aliphatic heterocycles. The number of piperazine rings is 1. The van der Waals surface area contributed by atoms with E-state index in [2.05, 4.69) is 24.5 Å². The van der Waals surface area contributed by atoms with Crippen LogP contribution in [0.1, 0.15) is 20.3 Å². The molecule has 80 valence electrons. The van der Waals surface area contributed by atoms with Gasteiger partial charge in [0.05, 0.1) is 0 Å². The topological polar surface area (TPSA) is 41.1 Å². The van der Waals surface area contributed by atoms with Crippen LogP contribution in [0.25, 0.3) is 0 Å². The predicted octanol–water partition coefficient (Wildman–Crippen LogP) is 0.608. The lowest BCUT2D eigenvalue weighted by Gasteiger charge is -2.45. The fourth-order valence-corrected chi connectivity index (χ4v) is 3.85. The maximum absolute atomic E-state index is 11.9. The number of hydrogen-bond acceptors (Lipinski definition) is 3. The summed E-state index contributed by atoms with van der Waals surface area (Å²) in [6.45, 7) is 6.16. The molecule has 0 radical (unpaired) electrons. The minimum absolute atomic E-state index is 0.198. The molecule has 0 saturated carbocycles. The van der Waals surface area contributed by atoms with E-state index in [4.69, 9.17) is 0 Å². The zero-order valence-corrected chi connectivity index (χ0v) is 9.67. The van der Waals surface area contributed by atoms with Crippen molar-refractivity contribution >= 4 is 17.7 Å². The van der Waals surface area contributed by atoms with Crippen molar-refractivity contribution in [3.63, 3.8) is 0 Å². The molecule has 2 N–H and O–H groups in total. The van der Waals surface area contributed by atoms with Gasteiger partial charge in [0, 0.05) is 18.8 Å². The normalized spacial score (nSPS) is 36.9. The fourth-order valence-electron chi connectivity index (χ4n) is 2.41. The molecule has 2 saturated heterocycles. The number of nitrogens with one attached hydrogen (secondary N) is 2. The number of rotatable bonds is 0. The average Bonchev–Trinajstić information content (AvgIpc) is 2.09. The average molecular weight is 214 g/mol. The van der Waals surface area contributed by atoms with Crippen molar-refractivity contribution in [2.24, 2.45) is 5.41 Å². The van der Waals surface area contributed by atoms with E-state index >= 15 is 0 Å². The van der Waals surface area contributed by atoms with Gasteiger partial charge in [-0.2, -0.15) is 11.8 Å². The highest BCUT2D eigenvalue weighted by atomic mass is 32.2. The Kier molecular flexibility index (Phi) is 2.52. The second kappa shape index (κ2) is 3.42. The van der Waals surface area contributed by atoms with Crippen LogP contribution in [0.2, 0.25) is 0 Å². The lowest BCUT2D eigenvalue weighted by atomic mass is 9.78. The second-order valence-corrected chi connectivity index (χ2v) is 6.08. The zero-order chi connectivity index (χ0) is 10.2. The summed E-state index contributed by atoms with van der Waals surface area (Å²) < 4.78 is 0. The van der Waals surface area contributed by atoms with Crippen molar-refractivity contribution in [3.05, 3.63) is 0 Å². The lowest BCUT2D eigenvalue weighted by Crippen LogP contribution is -2.67. The van der Waals surface area contributed by atoms with E-state index in [1.165, 1.54) is 0 Å². The van der Waals surface area contributed by atoms with Crippen LogP contribution in [0.3, 0.4) is 0 Å². The summed E-state index contributed by atoms with van der Waals surface area (Å²) in [5.74, 6) is 2.27. The van der Waals surface area contributed by atoms with Crippen LogP contribution in [-0.4, -0.2) is 36.0 Å². The van der Waals surface area contributed by atoms with E-state index in [1.54, 1.807) is 0 Å². The van der Waals surface area contributed by atoms with Crippen molar-refractivity contribution in [2.75, 3.05) is 24.6 Å². The predicted molar refractivity (Wildman–Crippen MR) is 59.5 cm³/mol. The molecule has 0 aliphatic carbocycles. The van der Waals surface area contributed by atoms with Gasteiger partial charge >= 0.3 is 0 Å². The minimum Gasteiger partial charge on any atom is -0.353 e. The van der Waals surface area contributed by atoms with E-state index in [0.717, 1.165) is 31.0 Å². The summed E-state index contributed by atoms with van der Waals surface area (Å²) in [5.41, 5.74) is -0.0186. The molecule has 3 nitrogen and oxygen atoms in total. The van der Waals surface area contributed by atoms with Gasteiger partial charge in [-0.25, -0.2) is 0 Å². The molecule has 1 spiro atoms. The third-order valence-corrected chi connectivity index (χ3v) is 4.61. The third kappa shape index (κ3) is 1.77. The molecule has 1 amide bonds. The summed E-state index contributed by atoms with van der Waals surface area (Å²) in [7, 11) is 0. The molecule has 0 bridgehead atoms. The number of carbonyl (C=O) groups is 1. The van der Waals surface area contributed by atoms with Crippen molar-refractivity contribution in [1.82, 2.24) is 10.6 Å². The molecule has 1 unspecified atom stereocenters. The number of hydrogen-bond donors (Lipinski definition) is 2. The Morgan fingerprint density at radius 2 is 2.07 bits per heavy atom. The first-order valence-electron chi connectivity index (χ1n) is 5.15. The monoisotopic (exact) mass is 214 g/mol. The van der Waals surface area contributed by atoms with E-state index in [0.29, 0.717) is 0 Å². The summed E-state index contributed by atoms with van der Waals surface area (Å²) >= 11 is 1.89.